The molecule has 0 spiro atoms. The predicted octanol–water partition coefficient (Wildman–Crippen LogP) is 1.93. The fourth-order valence-electron chi connectivity index (χ4n) is 2.15. The summed E-state index contributed by atoms with van der Waals surface area (Å²) in [6, 6.07) is 8.28. The van der Waals surface area contributed by atoms with Gasteiger partial charge in [-0.1, -0.05) is 6.92 Å². The number of benzene rings is 1. The fourth-order valence-corrected chi connectivity index (χ4v) is 2.15. The number of ether oxygens (including phenoxy) is 1. The molecule has 3 rings (SSSR count). The second-order valence-electron chi connectivity index (χ2n) is 5.50. The van der Waals surface area contributed by atoms with Gasteiger partial charge in [0.2, 0.25) is 0 Å². The first-order valence-corrected chi connectivity index (χ1v) is 6.42. The molecule has 1 aromatic heterocycles. The van der Waals surface area contributed by atoms with Gasteiger partial charge >= 0.3 is 0 Å². The zero-order valence-corrected chi connectivity index (χ0v) is 11.3. The van der Waals surface area contributed by atoms with Gasteiger partial charge in [-0.05, 0) is 24.3 Å². The van der Waals surface area contributed by atoms with Crippen LogP contribution in [0.15, 0.2) is 30.6 Å². The molecule has 19 heavy (non-hydrogen) atoms. The number of anilines is 1. The van der Waals surface area contributed by atoms with Crippen LogP contribution in [0.4, 0.5) is 5.69 Å². The monoisotopic (exact) mass is 258 g/mol. The maximum Gasteiger partial charge on any atom is 0.163 e. The molecule has 100 valence electrons. The summed E-state index contributed by atoms with van der Waals surface area (Å²) < 4.78 is 7.16. The minimum absolute atomic E-state index is 0.280. The molecule has 1 aromatic carbocycles. The van der Waals surface area contributed by atoms with E-state index in [1.807, 2.05) is 11.6 Å². The van der Waals surface area contributed by atoms with Crippen molar-refractivity contribution >= 4 is 5.69 Å². The van der Waals surface area contributed by atoms with Gasteiger partial charge in [-0.25, -0.2) is 0 Å². The molecule has 0 bridgehead atoms. The summed E-state index contributed by atoms with van der Waals surface area (Å²) in [5.74, 6) is 0.880. The van der Waals surface area contributed by atoms with Gasteiger partial charge in [-0.15, -0.1) is 10.2 Å². The number of nitrogens with one attached hydrogen (secondary N) is 1. The molecule has 0 saturated carbocycles. The first-order valence-electron chi connectivity index (χ1n) is 6.42. The van der Waals surface area contributed by atoms with E-state index in [0.717, 1.165) is 36.8 Å². The second kappa shape index (κ2) is 4.66. The van der Waals surface area contributed by atoms with E-state index in [-0.39, 0.29) is 5.41 Å². The van der Waals surface area contributed by atoms with Crippen LogP contribution >= 0.6 is 0 Å². The molecule has 1 fully saturated rings. The van der Waals surface area contributed by atoms with Crippen LogP contribution in [0.25, 0.3) is 11.4 Å². The number of rotatable bonds is 4. The third-order valence-corrected chi connectivity index (χ3v) is 3.47. The highest BCUT2D eigenvalue weighted by atomic mass is 16.5. The molecule has 0 aliphatic carbocycles. The predicted molar refractivity (Wildman–Crippen MR) is 73.9 cm³/mol. The van der Waals surface area contributed by atoms with Gasteiger partial charge < -0.3 is 14.6 Å². The summed E-state index contributed by atoms with van der Waals surface area (Å²) in [4.78, 5) is 0. The number of hydrogen-bond donors (Lipinski definition) is 1. The first kappa shape index (κ1) is 12.2. The Labute approximate surface area is 112 Å². The third-order valence-electron chi connectivity index (χ3n) is 3.47. The molecule has 0 atom stereocenters. The lowest BCUT2D eigenvalue weighted by molar-refractivity contribution is -0.0924. The number of aryl methyl sites for hydroxylation is 1. The highest BCUT2D eigenvalue weighted by Crippen LogP contribution is 2.27. The summed E-state index contributed by atoms with van der Waals surface area (Å²) in [6.07, 6.45) is 1.71. The summed E-state index contributed by atoms with van der Waals surface area (Å²) >= 11 is 0. The standard InChI is InChI=1S/C14H18N4O/c1-14(8-19-9-14)7-15-12-5-3-11(4-6-12)13-17-16-10-18(13)2/h3-6,10,15H,7-9H2,1-2H3. The Morgan fingerprint density at radius 1 is 1.32 bits per heavy atom. The maximum absolute atomic E-state index is 5.25. The van der Waals surface area contributed by atoms with Gasteiger partial charge in [-0.2, -0.15) is 0 Å². The SMILES string of the molecule is Cn1cnnc1-c1ccc(NCC2(C)COC2)cc1. The van der Waals surface area contributed by atoms with Gasteiger partial charge in [0.15, 0.2) is 5.82 Å². The topological polar surface area (TPSA) is 52.0 Å². The van der Waals surface area contributed by atoms with Crippen molar-refractivity contribution in [2.75, 3.05) is 25.1 Å². The van der Waals surface area contributed by atoms with Gasteiger partial charge in [0, 0.05) is 30.3 Å². The Hall–Kier alpha value is -1.88. The van der Waals surface area contributed by atoms with Crippen LogP contribution in [0.2, 0.25) is 0 Å². The summed E-state index contributed by atoms with van der Waals surface area (Å²) in [5.41, 5.74) is 2.48. The van der Waals surface area contributed by atoms with Crippen molar-refractivity contribution in [1.82, 2.24) is 14.8 Å². The molecule has 5 heteroatoms. The van der Waals surface area contributed by atoms with Crippen LogP contribution in [0.3, 0.4) is 0 Å². The quantitative estimate of drug-likeness (QED) is 0.910. The zero-order chi connectivity index (χ0) is 13.3. The van der Waals surface area contributed by atoms with E-state index in [4.69, 9.17) is 4.74 Å². The average molecular weight is 258 g/mol. The van der Waals surface area contributed by atoms with Gasteiger partial charge in [0.25, 0.3) is 0 Å². The Bertz CT molecular complexity index is 557. The minimum Gasteiger partial charge on any atom is -0.384 e. The molecule has 0 radical (unpaired) electrons. The molecule has 0 unspecified atom stereocenters. The van der Waals surface area contributed by atoms with Gasteiger partial charge in [0.1, 0.15) is 6.33 Å². The molecule has 1 N–H and O–H groups in total. The third kappa shape index (κ3) is 2.46. The van der Waals surface area contributed by atoms with Crippen LogP contribution in [-0.4, -0.2) is 34.5 Å². The summed E-state index contributed by atoms with van der Waals surface area (Å²) in [6.45, 7) is 4.86. The van der Waals surface area contributed by atoms with E-state index < -0.39 is 0 Å². The molecule has 2 heterocycles. The smallest absolute Gasteiger partial charge is 0.163 e. The van der Waals surface area contributed by atoms with Crippen molar-refractivity contribution in [2.45, 2.75) is 6.92 Å². The molecule has 1 saturated heterocycles. The van der Waals surface area contributed by atoms with Crippen LogP contribution in [0.5, 0.6) is 0 Å². The van der Waals surface area contributed by atoms with Gasteiger partial charge in [-0.3, -0.25) is 0 Å². The van der Waals surface area contributed by atoms with E-state index in [1.165, 1.54) is 0 Å². The normalized spacial score (nSPS) is 16.9. The maximum atomic E-state index is 5.25. The molecule has 5 nitrogen and oxygen atoms in total. The Balaban J connectivity index is 1.67. The van der Waals surface area contributed by atoms with E-state index in [1.54, 1.807) is 6.33 Å². The number of aromatic nitrogens is 3. The van der Waals surface area contributed by atoms with Gasteiger partial charge in [0.05, 0.1) is 13.2 Å². The molecular formula is C14H18N4O. The molecule has 0 amide bonds. The van der Waals surface area contributed by atoms with E-state index >= 15 is 0 Å². The number of nitrogens with zero attached hydrogens (tertiary/aromatic N) is 3. The Morgan fingerprint density at radius 2 is 2.05 bits per heavy atom. The number of hydrogen-bond acceptors (Lipinski definition) is 4. The van der Waals surface area contributed by atoms with Crippen molar-refractivity contribution in [2.24, 2.45) is 12.5 Å². The van der Waals surface area contributed by atoms with Crippen molar-refractivity contribution in [3.05, 3.63) is 30.6 Å². The van der Waals surface area contributed by atoms with E-state index in [2.05, 4.69) is 46.7 Å². The minimum atomic E-state index is 0.280. The van der Waals surface area contributed by atoms with E-state index in [9.17, 15) is 0 Å². The highest BCUT2D eigenvalue weighted by Gasteiger charge is 2.32. The van der Waals surface area contributed by atoms with Crippen LogP contribution < -0.4 is 5.32 Å². The van der Waals surface area contributed by atoms with Crippen molar-refractivity contribution in [3.63, 3.8) is 0 Å². The fraction of sp³-hybridized carbons (Fsp3) is 0.429. The zero-order valence-electron chi connectivity index (χ0n) is 11.3. The molecular weight excluding hydrogens is 240 g/mol. The molecule has 1 aliphatic heterocycles. The van der Waals surface area contributed by atoms with Crippen molar-refractivity contribution < 1.29 is 4.74 Å². The second-order valence-corrected chi connectivity index (χ2v) is 5.50. The van der Waals surface area contributed by atoms with Crippen molar-refractivity contribution in [1.29, 1.82) is 0 Å². The summed E-state index contributed by atoms with van der Waals surface area (Å²) in [7, 11) is 1.94. The van der Waals surface area contributed by atoms with Crippen LogP contribution in [0, 0.1) is 5.41 Å². The van der Waals surface area contributed by atoms with E-state index in [0.29, 0.717) is 0 Å². The lowest BCUT2D eigenvalue weighted by Crippen LogP contribution is -2.45. The lowest BCUT2D eigenvalue weighted by atomic mass is 9.89. The Morgan fingerprint density at radius 3 is 2.58 bits per heavy atom. The largest absolute Gasteiger partial charge is 0.384 e. The highest BCUT2D eigenvalue weighted by molar-refractivity contribution is 5.59. The lowest BCUT2D eigenvalue weighted by Gasteiger charge is -2.38. The molecule has 2 aromatic rings. The summed E-state index contributed by atoms with van der Waals surface area (Å²) in [5, 5.41) is 11.4. The molecule has 1 aliphatic rings. The average Bonchev–Trinajstić information content (AvgIpc) is 2.81. The first-order chi connectivity index (χ1) is 9.16. The Kier molecular flexibility index (Phi) is 2.98. The van der Waals surface area contributed by atoms with Crippen LogP contribution in [-0.2, 0) is 11.8 Å². The van der Waals surface area contributed by atoms with Crippen molar-refractivity contribution in [3.8, 4) is 11.4 Å². The van der Waals surface area contributed by atoms with Crippen LogP contribution in [0.1, 0.15) is 6.92 Å².